The SMILES string of the molecule is CCC[C@H](NC(=O)[C@@H]1C[C@]2(C=C(c3cccc(Cl)c3)NO2)CN1C(=O)[C@@H](NC(=O)CC1CCCCC1)C(C)(C)C)C(=O)C(=O)NCc1cccc(-n2cccn2)c1. The van der Waals surface area contributed by atoms with Gasteiger partial charge in [-0.2, -0.15) is 5.10 Å². The van der Waals surface area contributed by atoms with Gasteiger partial charge in [-0.1, -0.05) is 89.2 Å². The predicted molar refractivity (Wildman–Crippen MR) is 216 cm³/mol. The number of hydrogen-bond donors (Lipinski definition) is 4. The van der Waals surface area contributed by atoms with E-state index in [0.29, 0.717) is 23.6 Å². The lowest BCUT2D eigenvalue weighted by atomic mass is 9.84. The first kappa shape index (κ1) is 41.6. The molecule has 1 aromatic heterocycles. The molecule has 1 aliphatic carbocycles. The number of likely N-dealkylation sites (tertiary alicyclic amines) is 1. The van der Waals surface area contributed by atoms with Crippen LogP contribution in [0.5, 0.6) is 0 Å². The molecule has 3 heterocycles. The topological polar surface area (TPSA) is 164 Å². The fourth-order valence-electron chi connectivity index (χ4n) is 7.99. The normalized spacial score (nSPS) is 20.7. The summed E-state index contributed by atoms with van der Waals surface area (Å²) >= 11 is 6.29. The van der Waals surface area contributed by atoms with Gasteiger partial charge in [-0.15, -0.1) is 0 Å². The Morgan fingerprint density at radius 2 is 1.79 bits per heavy atom. The van der Waals surface area contributed by atoms with E-state index >= 15 is 0 Å². The van der Waals surface area contributed by atoms with Crippen LogP contribution >= 0.6 is 11.6 Å². The van der Waals surface area contributed by atoms with Gasteiger partial charge in [0.15, 0.2) is 0 Å². The first-order chi connectivity index (χ1) is 27.2. The second-order valence-electron chi connectivity index (χ2n) is 16.6. The van der Waals surface area contributed by atoms with Crippen LogP contribution in [0.15, 0.2) is 73.1 Å². The quantitative estimate of drug-likeness (QED) is 0.157. The van der Waals surface area contributed by atoms with Crippen molar-refractivity contribution in [3.63, 3.8) is 0 Å². The Bertz CT molecular complexity index is 1970. The molecular formula is C43H54ClN7O6. The lowest BCUT2D eigenvalue weighted by Crippen LogP contribution is -2.59. The smallest absolute Gasteiger partial charge is 0.289 e. The standard InChI is InChI=1S/C43H54ClN7O6/c1-5-12-33(37(53)40(55)45-26-29-15-9-18-32(21-29)51-20-11-19-46-51)47-39(54)35-25-43(24-34(49-57-43)30-16-10-17-31(44)23-30)27-50(35)41(56)38(42(2,3)4)48-36(52)22-28-13-7-6-8-14-28/h9-11,15-21,23-24,28,33,35,38,49H,5-8,12-14,22,25-27H2,1-4H3,(H,45,55)(H,47,54)(H,48,52)/t33-,35-,38+,43+/m0/s1. The summed E-state index contributed by atoms with van der Waals surface area (Å²) in [6, 6.07) is 13.3. The van der Waals surface area contributed by atoms with E-state index < -0.39 is 52.6 Å². The number of aromatic nitrogens is 2. The molecule has 1 spiro atoms. The number of carbonyl (C=O) groups is 5. The van der Waals surface area contributed by atoms with Crippen molar-refractivity contribution in [2.24, 2.45) is 11.3 Å². The van der Waals surface area contributed by atoms with E-state index in [2.05, 4.69) is 26.5 Å². The number of halogens is 1. The Kier molecular flexibility index (Phi) is 13.2. The minimum atomic E-state index is -1.14. The monoisotopic (exact) mass is 799 g/mol. The fourth-order valence-corrected chi connectivity index (χ4v) is 8.18. The van der Waals surface area contributed by atoms with E-state index in [-0.39, 0.29) is 37.8 Å². The molecule has 0 bridgehead atoms. The number of hydroxylamine groups is 1. The molecule has 4 atom stereocenters. The van der Waals surface area contributed by atoms with Gasteiger partial charge in [0.05, 0.1) is 24.0 Å². The minimum absolute atomic E-state index is 0.00344. The molecule has 304 valence electrons. The first-order valence-corrected chi connectivity index (χ1v) is 20.4. The molecule has 0 radical (unpaired) electrons. The summed E-state index contributed by atoms with van der Waals surface area (Å²) in [6.07, 6.45) is 11.8. The van der Waals surface area contributed by atoms with Gasteiger partial charge >= 0.3 is 0 Å². The van der Waals surface area contributed by atoms with E-state index in [9.17, 15) is 24.0 Å². The number of rotatable bonds is 14. The molecule has 57 heavy (non-hydrogen) atoms. The van der Waals surface area contributed by atoms with Crippen molar-refractivity contribution < 1.29 is 28.8 Å². The Labute approximate surface area is 339 Å². The molecule has 2 aromatic carbocycles. The van der Waals surface area contributed by atoms with Gasteiger partial charge in [0, 0.05) is 42.4 Å². The van der Waals surface area contributed by atoms with Crippen LogP contribution in [0.1, 0.15) is 96.6 Å². The summed E-state index contributed by atoms with van der Waals surface area (Å²) in [4.78, 5) is 77.1. The summed E-state index contributed by atoms with van der Waals surface area (Å²) in [5.41, 5.74) is 4.11. The van der Waals surface area contributed by atoms with Crippen molar-refractivity contribution in [2.75, 3.05) is 6.54 Å². The van der Waals surface area contributed by atoms with Gasteiger partial charge in [0.1, 0.15) is 17.7 Å². The summed E-state index contributed by atoms with van der Waals surface area (Å²) in [7, 11) is 0. The lowest BCUT2D eigenvalue weighted by molar-refractivity contribution is -0.145. The summed E-state index contributed by atoms with van der Waals surface area (Å²) in [5, 5.41) is 13.3. The maximum Gasteiger partial charge on any atom is 0.289 e. The highest BCUT2D eigenvalue weighted by molar-refractivity contribution is 6.38. The zero-order chi connectivity index (χ0) is 40.7. The minimum Gasteiger partial charge on any atom is -0.345 e. The molecule has 13 nitrogen and oxygen atoms in total. The molecule has 2 fully saturated rings. The zero-order valence-electron chi connectivity index (χ0n) is 33.2. The summed E-state index contributed by atoms with van der Waals surface area (Å²) in [6.45, 7) is 7.58. The molecule has 1 saturated carbocycles. The molecular weight excluding hydrogens is 746 g/mol. The number of nitrogens with zero attached hydrogens (tertiary/aromatic N) is 3. The van der Waals surface area contributed by atoms with Gasteiger partial charge in [0.25, 0.3) is 5.91 Å². The first-order valence-electron chi connectivity index (χ1n) is 20.0. The van der Waals surface area contributed by atoms with Crippen LogP contribution in [0.3, 0.4) is 0 Å². The Morgan fingerprint density at radius 1 is 1.02 bits per heavy atom. The Hall–Kier alpha value is -5.01. The maximum atomic E-state index is 14.7. The van der Waals surface area contributed by atoms with Crippen molar-refractivity contribution in [1.82, 2.24) is 36.1 Å². The second kappa shape index (κ2) is 18.1. The van der Waals surface area contributed by atoms with Crippen LogP contribution in [0.25, 0.3) is 11.4 Å². The zero-order valence-corrected chi connectivity index (χ0v) is 33.9. The van der Waals surface area contributed by atoms with Crippen LogP contribution in [-0.2, 0) is 35.4 Å². The van der Waals surface area contributed by atoms with Gasteiger partial charge < -0.3 is 20.9 Å². The van der Waals surface area contributed by atoms with Crippen molar-refractivity contribution in [3.05, 3.63) is 89.2 Å². The number of Topliss-reactive ketones (excluding diaryl/α,β-unsaturated/α-hetero) is 1. The highest BCUT2D eigenvalue weighted by Crippen LogP contribution is 2.39. The van der Waals surface area contributed by atoms with Crippen LogP contribution < -0.4 is 21.4 Å². The van der Waals surface area contributed by atoms with Gasteiger partial charge in [-0.25, -0.2) is 4.68 Å². The van der Waals surface area contributed by atoms with Crippen molar-refractivity contribution in [2.45, 2.75) is 116 Å². The highest BCUT2D eigenvalue weighted by atomic mass is 35.5. The summed E-state index contributed by atoms with van der Waals surface area (Å²) in [5.74, 6) is -2.57. The number of ketones is 1. The molecule has 2 aliphatic heterocycles. The number of benzene rings is 2. The van der Waals surface area contributed by atoms with Crippen molar-refractivity contribution in [3.8, 4) is 5.69 Å². The molecule has 0 unspecified atom stereocenters. The third-order valence-electron chi connectivity index (χ3n) is 11.0. The third-order valence-corrected chi connectivity index (χ3v) is 11.3. The van der Waals surface area contributed by atoms with E-state index in [1.54, 1.807) is 23.0 Å². The van der Waals surface area contributed by atoms with E-state index in [4.69, 9.17) is 16.4 Å². The molecule has 14 heteroatoms. The predicted octanol–water partition coefficient (Wildman–Crippen LogP) is 5.41. The lowest BCUT2D eigenvalue weighted by Gasteiger charge is -2.36. The van der Waals surface area contributed by atoms with Crippen molar-refractivity contribution in [1.29, 1.82) is 0 Å². The second-order valence-corrected chi connectivity index (χ2v) is 17.1. The Morgan fingerprint density at radius 3 is 2.49 bits per heavy atom. The largest absolute Gasteiger partial charge is 0.345 e. The number of nitrogens with one attached hydrogen (secondary N) is 4. The average molecular weight is 800 g/mol. The number of carbonyl (C=O) groups excluding carboxylic acids is 5. The molecule has 4 amide bonds. The van der Waals surface area contributed by atoms with Gasteiger partial charge in [0.2, 0.25) is 23.5 Å². The maximum absolute atomic E-state index is 14.7. The number of amides is 4. The van der Waals surface area contributed by atoms with Crippen LogP contribution in [0, 0.1) is 11.3 Å². The third kappa shape index (κ3) is 10.3. The number of hydrogen-bond acceptors (Lipinski definition) is 8. The molecule has 3 aromatic rings. The molecule has 6 rings (SSSR count). The molecule has 3 aliphatic rings. The average Bonchev–Trinajstić information content (AvgIpc) is 3.97. The summed E-state index contributed by atoms with van der Waals surface area (Å²) < 4.78 is 1.69. The van der Waals surface area contributed by atoms with E-state index in [1.807, 2.05) is 82.4 Å². The molecule has 4 N–H and O–H groups in total. The fraction of sp³-hybridized carbons (Fsp3) is 0.488. The van der Waals surface area contributed by atoms with Gasteiger partial charge in [-0.3, -0.25) is 34.3 Å². The van der Waals surface area contributed by atoms with Crippen LogP contribution in [0.2, 0.25) is 5.02 Å². The van der Waals surface area contributed by atoms with Crippen LogP contribution in [-0.4, -0.2) is 74.4 Å². The van der Waals surface area contributed by atoms with Crippen molar-refractivity contribution >= 4 is 46.7 Å². The van der Waals surface area contributed by atoms with E-state index in [1.165, 1.54) is 11.3 Å². The Balaban J connectivity index is 1.21. The highest BCUT2D eigenvalue weighted by Gasteiger charge is 2.54. The van der Waals surface area contributed by atoms with Gasteiger partial charge in [-0.05, 0) is 72.6 Å². The van der Waals surface area contributed by atoms with Crippen LogP contribution in [0.4, 0.5) is 0 Å². The van der Waals surface area contributed by atoms with E-state index in [0.717, 1.165) is 42.5 Å². The molecule has 1 saturated heterocycles.